The van der Waals surface area contributed by atoms with Crippen molar-refractivity contribution in [2.45, 2.75) is 19.0 Å². The van der Waals surface area contributed by atoms with E-state index >= 15 is 0 Å². The second-order valence-electron chi connectivity index (χ2n) is 6.93. The zero-order valence-corrected chi connectivity index (χ0v) is 15.9. The lowest BCUT2D eigenvalue weighted by Gasteiger charge is -2.32. The Labute approximate surface area is 169 Å². The van der Waals surface area contributed by atoms with Gasteiger partial charge in [-0.05, 0) is 49.2 Å². The van der Waals surface area contributed by atoms with Crippen molar-refractivity contribution in [3.8, 4) is 0 Å². The number of benzene rings is 1. The van der Waals surface area contributed by atoms with Gasteiger partial charge in [-0.1, -0.05) is 11.6 Å². The molecule has 1 saturated heterocycles. The highest BCUT2D eigenvalue weighted by Gasteiger charge is 2.32. The number of hydrogen-bond donors (Lipinski definition) is 1. The van der Waals surface area contributed by atoms with Gasteiger partial charge in [0.15, 0.2) is 5.65 Å². The molecule has 0 aliphatic carbocycles. The van der Waals surface area contributed by atoms with Crippen molar-refractivity contribution in [2.75, 3.05) is 23.3 Å². The Hall–Kier alpha value is -2.81. The van der Waals surface area contributed by atoms with Crippen LogP contribution in [0.25, 0.3) is 5.65 Å². The summed E-state index contributed by atoms with van der Waals surface area (Å²) in [5.41, 5.74) is 0.181. The molecule has 0 saturated carbocycles. The van der Waals surface area contributed by atoms with Crippen LogP contribution in [0, 0.1) is 5.92 Å². The molecule has 2 aromatic heterocycles. The first-order valence-corrected chi connectivity index (χ1v) is 9.42. The molecule has 3 aromatic rings. The first-order valence-electron chi connectivity index (χ1n) is 9.04. The number of carbonyl (C=O) groups is 1. The number of nitrogens with one attached hydrogen (secondary N) is 1. The summed E-state index contributed by atoms with van der Waals surface area (Å²) in [5, 5.41) is 11.4. The number of pyridine rings is 1. The number of fused-ring (bicyclic) bond motifs is 1. The fourth-order valence-electron chi connectivity index (χ4n) is 3.41. The second-order valence-corrected chi connectivity index (χ2v) is 7.36. The van der Waals surface area contributed by atoms with Crippen molar-refractivity contribution < 1.29 is 18.0 Å². The van der Waals surface area contributed by atoms with E-state index in [1.807, 2.05) is 0 Å². The van der Waals surface area contributed by atoms with E-state index < -0.39 is 11.7 Å². The molecule has 6 nitrogen and oxygen atoms in total. The maximum absolute atomic E-state index is 13.1. The Balaban J connectivity index is 1.53. The van der Waals surface area contributed by atoms with Crippen molar-refractivity contribution >= 4 is 34.8 Å². The summed E-state index contributed by atoms with van der Waals surface area (Å²) in [6, 6.07) is 9.06. The number of amides is 1. The van der Waals surface area contributed by atoms with Crippen LogP contribution in [-0.4, -0.2) is 33.6 Å². The van der Waals surface area contributed by atoms with Crippen LogP contribution >= 0.6 is 11.6 Å². The third kappa shape index (κ3) is 4.14. The summed E-state index contributed by atoms with van der Waals surface area (Å²) in [4.78, 5) is 14.5. The van der Waals surface area contributed by atoms with Gasteiger partial charge in [0, 0.05) is 30.0 Å². The van der Waals surface area contributed by atoms with Gasteiger partial charge < -0.3 is 10.2 Å². The molecule has 1 aliphatic rings. The van der Waals surface area contributed by atoms with Crippen molar-refractivity contribution in [3.63, 3.8) is 0 Å². The minimum atomic E-state index is -4.46. The summed E-state index contributed by atoms with van der Waals surface area (Å²) < 4.78 is 40.5. The summed E-state index contributed by atoms with van der Waals surface area (Å²) in [7, 11) is 0. The predicted molar refractivity (Wildman–Crippen MR) is 103 cm³/mol. The van der Waals surface area contributed by atoms with Crippen molar-refractivity contribution in [3.05, 3.63) is 53.2 Å². The molecule has 10 heteroatoms. The van der Waals surface area contributed by atoms with Gasteiger partial charge in [-0.25, -0.2) is 0 Å². The topological polar surface area (TPSA) is 62.5 Å². The molecule has 0 spiro atoms. The molecular formula is C19H17ClF3N5O. The Morgan fingerprint density at radius 2 is 1.90 bits per heavy atom. The van der Waals surface area contributed by atoms with Crippen LogP contribution in [0.2, 0.25) is 5.02 Å². The van der Waals surface area contributed by atoms with E-state index in [1.54, 1.807) is 29.2 Å². The van der Waals surface area contributed by atoms with Crippen LogP contribution in [0.15, 0.2) is 42.6 Å². The molecule has 0 bridgehead atoms. The Morgan fingerprint density at radius 1 is 1.14 bits per heavy atom. The molecule has 1 fully saturated rings. The van der Waals surface area contributed by atoms with Gasteiger partial charge >= 0.3 is 6.18 Å². The first kappa shape index (κ1) is 19.5. The van der Waals surface area contributed by atoms with Crippen LogP contribution < -0.4 is 10.2 Å². The van der Waals surface area contributed by atoms with Gasteiger partial charge in [-0.2, -0.15) is 13.2 Å². The molecule has 1 aromatic carbocycles. The van der Waals surface area contributed by atoms with Gasteiger partial charge in [-0.15, -0.1) is 10.2 Å². The molecule has 1 amide bonds. The Kier molecular flexibility index (Phi) is 5.08. The SMILES string of the molecule is O=C(Nc1ccc(Cl)cc1)C1CCCN(c2nnc3ccc(C(F)(F)F)cn23)C1. The van der Waals surface area contributed by atoms with Crippen molar-refractivity contribution in [2.24, 2.45) is 5.92 Å². The normalized spacial score (nSPS) is 17.5. The van der Waals surface area contributed by atoms with E-state index in [2.05, 4.69) is 15.5 Å². The van der Waals surface area contributed by atoms with Crippen LogP contribution in [-0.2, 0) is 11.0 Å². The lowest BCUT2D eigenvalue weighted by atomic mass is 9.97. The van der Waals surface area contributed by atoms with E-state index in [9.17, 15) is 18.0 Å². The van der Waals surface area contributed by atoms with Crippen LogP contribution in [0.5, 0.6) is 0 Å². The van der Waals surface area contributed by atoms with E-state index in [-0.39, 0.29) is 11.8 Å². The number of nitrogens with zero attached hydrogens (tertiary/aromatic N) is 4. The first-order chi connectivity index (χ1) is 13.8. The van der Waals surface area contributed by atoms with Crippen LogP contribution in [0.1, 0.15) is 18.4 Å². The summed E-state index contributed by atoms with van der Waals surface area (Å²) >= 11 is 5.86. The van der Waals surface area contributed by atoms with Gasteiger partial charge in [0.2, 0.25) is 11.9 Å². The lowest BCUT2D eigenvalue weighted by Crippen LogP contribution is -2.41. The molecular weight excluding hydrogens is 407 g/mol. The van der Waals surface area contributed by atoms with Gasteiger partial charge in [0.1, 0.15) is 0 Å². The number of alkyl halides is 3. The summed E-state index contributed by atoms with van der Waals surface area (Å²) in [6.45, 7) is 0.929. The number of carbonyl (C=O) groups excluding carboxylic acids is 1. The molecule has 29 heavy (non-hydrogen) atoms. The third-order valence-electron chi connectivity index (χ3n) is 4.90. The number of piperidine rings is 1. The Bertz CT molecular complexity index is 1030. The molecule has 152 valence electrons. The largest absolute Gasteiger partial charge is 0.417 e. The number of rotatable bonds is 3. The minimum Gasteiger partial charge on any atom is -0.340 e. The summed E-state index contributed by atoms with van der Waals surface area (Å²) in [6.07, 6.45) is -2.08. The number of aromatic nitrogens is 3. The van der Waals surface area contributed by atoms with Gasteiger partial charge in [-0.3, -0.25) is 9.20 Å². The molecule has 1 N–H and O–H groups in total. The zero-order chi connectivity index (χ0) is 20.6. The maximum Gasteiger partial charge on any atom is 0.417 e. The average Bonchev–Trinajstić information content (AvgIpc) is 3.12. The Morgan fingerprint density at radius 3 is 2.62 bits per heavy atom. The van der Waals surface area contributed by atoms with E-state index in [0.717, 1.165) is 12.3 Å². The lowest BCUT2D eigenvalue weighted by molar-refractivity contribution is -0.137. The molecule has 4 rings (SSSR count). The number of halogens is 4. The van der Waals surface area contributed by atoms with Crippen LogP contribution in [0.3, 0.4) is 0 Å². The molecule has 1 unspecified atom stereocenters. The fourth-order valence-corrected chi connectivity index (χ4v) is 3.54. The predicted octanol–water partition coefficient (Wildman–Crippen LogP) is 4.26. The molecule has 1 atom stereocenters. The minimum absolute atomic E-state index is 0.151. The van der Waals surface area contributed by atoms with Crippen LogP contribution in [0.4, 0.5) is 24.8 Å². The standard InChI is InChI=1S/C19H17ClF3N5O/c20-14-4-6-15(7-5-14)24-17(29)12-2-1-9-27(10-12)18-26-25-16-8-3-13(11-28(16)18)19(21,22)23/h3-8,11-12H,1-2,9-10H2,(H,24,29). The highest BCUT2D eigenvalue weighted by Crippen LogP contribution is 2.31. The number of hydrogen-bond acceptors (Lipinski definition) is 4. The molecule has 3 heterocycles. The number of anilines is 2. The smallest absolute Gasteiger partial charge is 0.340 e. The highest BCUT2D eigenvalue weighted by atomic mass is 35.5. The van der Waals surface area contributed by atoms with Crippen molar-refractivity contribution in [1.82, 2.24) is 14.6 Å². The third-order valence-corrected chi connectivity index (χ3v) is 5.15. The molecule has 1 aliphatic heterocycles. The van der Waals surface area contributed by atoms with Gasteiger partial charge in [0.05, 0.1) is 11.5 Å². The zero-order valence-electron chi connectivity index (χ0n) is 15.2. The maximum atomic E-state index is 13.1. The monoisotopic (exact) mass is 423 g/mol. The van der Waals surface area contributed by atoms with E-state index in [0.29, 0.717) is 48.2 Å². The summed E-state index contributed by atoms with van der Waals surface area (Å²) in [5.74, 6) is -0.172. The molecule has 0 radical (unpaired) electrons. The quantitative estimate of drug-likeness (QED) is 0.684. The van der Waals surface area contributed by atoms with Crippen molar-refractivity contribution in [1.29, 1.82) is 0 Å². The fraction of sp³-hybridized carbons (Fsp3) is 0.316. The van der Waals surface area contributed by atoms with E-state index in [4.69, 9.17) is 11.6 Å². The average molecular weight is 424 g/mol. The second kappa shape index (κ2) is 7.55. The van der Waals surface area contributed by atoms with Gasteiger partial charge in [0.25, 0.3) is 0 Å². The highest BCUT2D eigenvalue weighted by molar-refractivity contribution is 6.30. The van der Waals surface area contributed by atoms with E-state index in [1.165, 1.54) is 10.5 Å².